The van der Waals surface area contributed by atoms with Crippen LogP contribution >= 0.6 is 0 Å². The van der Waals surface area contributed by atoms with Crippen molar-refractivity contribution in [1.82, 2.24) is 5.32 Å². The molecule has 1 aromatic carbocycles. The number of amides is 1. The van der Waals surface area contributed by atoms with Crippen LogP contribution in [0.4, 0.5) is 18.9 Å². The van der Waals surface area contributed by atoms with Crippen molar-refractivity contribution in [2.75, 3.05) is 7.05 Å². The Kier molecular flexibility index (Phi) is 3.35. The van der Waals surface area contributed by atoms with Gasteiger partial charge in [-0.25, -0.2) is 0 Å². The molecular weight excluding hydrogens is 241 g/mol. The molecule has 1 aromatic rings. The van der Waals surface area contributed by atoms with E-state index in [4.69, 9.17) is 0 Å². The average Bonchev–Trinajstić information content (AvgIpc) is 2.25. The molecule has 17 heavy (non-hydrogen) atoms. The van der Waals surface area contributed by atoms with Crippen LogP contribution in [0.2, 0.25) is 0 Å². The fraction of sp³-hybridized carbons (Fsp3) is 0.222. The summed E-state index contributed by atoms with van der Waals surface area (Å²) in [5.41, 5.74) is -2.81. The number of alkyl halides is 3. The SMILES string of the molecule is CNC(=O)c1ccc([N+](=O)[O-])c(C(F)(F)F)c1. The van der Waals surface area contributed by atoms with Gasteiger partial charge in [0.05, 0.1) is 4.92 Å². The van der Waals surface area contributed by atoms with Gasteiger partial charge in [-0.05, 0) is 12.1 Å². The van der Waals surface area contributed by atoms with E-state index in [-0.39, 0.29) is 5.56 Å². The van der Waals surface area contributed by atoms with Crippen molar-refractivity contribution >= 4 is 11.6 Å². The van der Waals surface area contributed by atoms with Crippen LogP contribution in [0.15, 0.2) is 18.2 Å². The Morgan fingerprint density at radius 3 is 2.41 bits per heavy atom. The molecule has 1 rings (SSSR count). The van der Waals surface area contributed by atoms with Gasteiger partial charge in [-0.3, -0.25) is 14.9 Å². The van der Waals surface area contributed by atoms with Crippen LogP contribution < -0.4 is 5.32 Å². The van der Waals surface area contributed by atoms with Crippen molar-refractivity contribution < 1.29 is 22.9 Å². The molecule has 0 aromatic heterocycles. The highest BCUT2D eigenvalue weighted by molar-refractivity contribution is 5.94. The summed E-state index contributed by atoms with van der Waals surface area (Å²) in [5.74, 6) is -0.745. The monoisotopic (exact) mass is 248 g/mol. The van der Waals surface area contributed by atoms with Crippen LogP contribution in [0, 0.1) is 10.1 Å². The van der Waals surface area contributed by atoms with E-state index >= 15 is 0 Å². The quantitative estimate of drug-likeness (QED) is 0.642. The minimum atomic E-state index is -4.88. The second kappa shape index (κ2) is 4.40. The summed E-state index contributed by atoms with van der Waals surface area (Å²) in [7, 11) is 1.25. The van der Waals surface area contributed by atoms with Crippen LogP contribution in [0.3, 0.4) is 0 Å². The van der Waals surface area contributed by atoms with E-state index in [2.05, 4.69) is 5.32 Å². The molecule has 0 atom stereocenters. The van der Waals surface area contributed by atoms with Gasteiger partial charge < -0.3 is 5.32 Å². The van der Waals surface area contributed by atoms with Crippen LogP contribution in [0.5, 0.6) is 0 Å². The lowest BCUT2D eigenvalue weighted by atomic mass is 10.1. The van der Waals surface area contributed by atoms with Gasteiger partial charge in [-0.2, -0.15) is 13.2 Å². The van der Waals surface area contributed by atoms with E-state index in [0.717, 1.165) is 6.07 Å². The average molecular weight is 248 g/mol. The van der Waals surface area contributed by atoms with Crippen molar-refractivity contribution in [2.24, 2.45) is 0 Å². The summed E-state index contributed by atoms with van der Waals surface area (Å²) in [6.45, 7) is 0. The molecule has 92 valence electrons. The van der Waals surface area contributed by atoms with Crippen molar-refractivity contribution in [2.45, 2.75) is 6.18 Å². The largest absolute Gasteiger partial charge is 0.423 e. The van der Waals surface area contributed by atoms with E-state index in [0.29, 0.717) is 12.1 Å². The van der Waals surface area contributed by atoms with Gasteiger partial charge >= 0.3 is 6.18 Å². The molecule has 1 N–H and O–H groups in total. The molecule has 0 aliphatic carbocycles. The van der Waals surface area contributed by atoms with Crippen molar-refractivity contribution in [3.8, 4) is 0 Å². The van der Waals surface area contributed by atoms with Gasteiger partial charge in [0.2, 0.25) is 0 Å². The zero-order valence-corrected chi connectivity index (χ0v) is 8.54. The predicted molar refractivity (Wildman–Crippen MR) is 51.5 cm³/mol. The Morgan fingerprint density at radius 1 is 1.41 bits per heavy atom. The molecule has 0 bridgehead atoms. The zero-order chi connectivity index (χ0) is 13.2. The summed E-state index contributed by atoms with van der Waals surface area (Å²) in [6.07, 6.45) is -4.88. The van der Waals surface area contributed by atoms with Crippen LogP contribution in [0.25, 0.3) is 0 Å². The van der Waals surface area contributed by atoms with Crippen molar-refractivity contribution in [3.05, 3.63) is 39.4 Å². The van der Waals surface area contributed by atoms with Gasteiger partial charge in [0.25, 0.3) is 11.6 Å². The minimum Gasteiger partial charge on any atom is -0.355 e. The normalized spacial score (nSPS) is 11.1. The number of rotatable bonds is 2. The molecule has 0 spiro atoms. The Morgan fingerprint density at radius 2 is 2.00 bits per heavy atom. The molecule has 0 radical (unpaired) electrons. The molecule has 0 saturated carbocycles. The Balaban J connectivity index is 3.40. The van der Waals surface area contributed by atoms with Gasteiger partial charge in [-0.15, -0.1) is 0 Å². The second-order valence-electron chi connectivity index (χ2n) is 3.07. The molecule has 0 aliphatic rings. The fourth-order valence-electron chi connectivity index (χ4n) is 1.21. The van der Waals surface area contributed by atoms with Crippen LogP contribution in [-0.4, -0.2) is 17.9 Å². The molecule has 0 saturated heterocycles. The lowest BCUT2D eigenvalue weighted by Crippen LogP contribution is -2.19. The first-order valence-electron chi connectivity index (χ1n) is 4.35. The Hall–Kier alpha value is -2.12. The van der Waals surface area contributed by atoms with Gasteiger partial charge in [0.15, 0.2) is 0 Å². The smallest absolute Gasteiger partial charge is 0.355 e. The summed E-state index contributed by atoms with van der Waals surface area (Å²) in [5, 5.41) is 12.6. The maximum Gasteiger partial charge on any atom is 0.423 e. The highest BCUT2D eigenvalue weighted by Crippen LogP contribution is 2.36. The third-order valence-electron chi connectivity index (χ3n) is 1.99. The first kappa shape index (κ1) is 12.9. The van der Waals surface area contributed by atoms with E-state index in [1.165, 1.54) is 7.05 Å². The van der Waals surface area contributed by atoms with E-state index in [9.17, 15) is 28.1 Å². The van der Waals surface area contributed by atoms with Crippen molar-refractivity contribution in [3.63, 3.8) is 0 Å². The van der Waals surface area contributed by atoms with Crippen molar-refractivity contribution in [1.29, 1.82) is 0 Å². The Labute approximate surface area is 93.4 Å². The molecule has 1 amide bonds. The summed E-state index contributed by atoms with van der Waals surface area (Å²) in [4.78, 5) is 20.4. The minimum absolute atomic E-state index is 0.287. The summed E-state index contributed by atoms with van der Waals surface area (Å²) >= 11 is 0. The standard InChI is InChI=1S/C9H7F3N2O3/c1-13-8(15)5-2-3-7(14(16)17)6(4-5)9(10,11)12/h2-4H,1H3,(H,13,15). The number of benzene rings is 1. The maximum absolute atomic E-state index is 12.5. The van der Waals surface area contributed by atoms with Crippen LogP contribution in [0.1, 0.15) is 15.9 Å². The number of nitrogens with zero attached hydrogens (tertiary/aromatic N) is 1. The highest BCUT2D eigenvalue weighted by Gasteiger charge is 2.38. The first-order chi connectivity index (χ1) is 7.77. The molecule has 0 aliphatic heterocycles. The van der Waals surface area contributed by atoms with Crippen LogP contribution in [-0.2, 0) is 6.18 Å². The number of halogens is 3. The third-order valence-corrected chi connectivity index (χ3v) is 1.99. The number of hydrogen-bond acceptors (Lipinski definition) is 3. The fourth-order valence-corrected chi connectivity index (χ4v) is 1.21. The highest BCUT2D eigenvalue weighted by atomic mass is 19.4. The third kappa shape index (κ3) is 2.71. The number of carbonyl (C=O) groups excluding carboxylic acids is 1. The number of nitro groups is 1. The molecule has 0 fully saturated rings. The van der Waals surface area contributed by atoms with E-state index < -0.39 is 28.3 Å². The maximum atomic E-state index is 12.5. The van der Waals surface area contributed by atoms with Gasteiger partial charge in [0, 0.05) is 18.7 Å². The molecule has 8 heteroatoms. The number of nitro benzene ring substituents is 1. The number of carbonyl (C=O) groups is 1. The topological polar surface area (TPSA) is 72.2 Å². The number of nitrogens with one attached hydrogen (secondary N) is 1. The second-order valence-corrected chi connectivity index (χ2v) is 3.07. The predicted octanol–water partition coefficient (Wildman–Crippen LogP) is 1.97. The van der Waals surface area contributed by atoms with E-state index in [1.54, 1.807) is 0 Å². The lowest BCUT2D eigenvalue weighted by Gasteiger charge is -2.08. The lowest BCUT2D eigenvalue weighted by molar-refractivity contribution is -0.388. The van der Waals surface area contributed by atoms with E-state index in [1.807, 2.05) is 0 Å². The molecular formula is C9H7F3N2O3. The van der Waals surface area contributed by atoms with Gasteiger partial charge in [0.1, 0.15) is 5.56 Å². The molecule has 5 nitrogen and oxygen atoms in total. The summed E-state index contributed by atoms with van der Waals surface area (Å²) < 4.78 is 37.6. The molecule has 0 unspecified atom stereocenters. The summed E-state index contributed by atoms with van der Waals surface area (Å²) in [6, 6.07) is 2.08. The Bertz CT molecular complexity index is 471. The number of hydrogen-bond donors (Lipinski definition) is 1. The molecule has 0 heterocycles. The van der Waals surface area contributed by atoms with Gasteiger partial charge in [-0.1, -0.05) is 0 Å². The first-order valence-corrected chi connectivity index (χ1v) is 4.35. The zero-order valence-electron chi connectivity index (χ0n) is 8.54.